The molecule has 23 heavy (non-hydrogen) atoms. The Morgan fingerprint density at radius 1 is 1.30 bits per heavy atom. The summed E-state index contributed by atoms with van der Waals surface area (Å²) in [5.74, 6) is 0.679. The van der Waals surface area contributed by atoms with Gasteiger partial charge in [-0.15, -0.1) is 0 Å². The molecule has 1 saturated carbocycles. The maximum absolute atomic E-state index is 12.5. The first-order valence-electron chi connectivity index (χ1n) is 8.25. The van der Waals surface area contributed by atoms with E-state index in [2.05, 4.69) is 5.32 Å². The van der Waals surface area contributed by atoms with Crippen LogP contribution in [0.2, 0.25) is 0 Å². The van der Waals surface area contributed by atoms with Crippen LogP contribution >= 0.6 is 0 Å². The molecule has 1 aromatic rings. The van der Waals surface area contributed by atoms with Gasteiger partial charge in [-0.05, 0) is 37.0 Å². The van der Waals surface area contributed by atoms with Gasteiger partial charge < -0.3 is 15.0 Å². The van der Waals surface area contributed by atoms with E-state index in [9.17, 15) is 9.59 Å². The van der Waals surface area contributed by atoms with Crippen molar-refractivity contribution in [2.24, 2.45) is 5.92 Å². The topological polar surface area (TPSA) is 58.6 Å². The van der Waals surface area contributed by atoms with Crippen LogP contribution < -0.4 is 10.1 Å². The number of nitrogens with one attached hydrogen (secondary N) is 1. The van der Waals surface area contributed by atoms with Gasteiger partial charge >= 0.3 is 0 Å². The molecule has 0 radical (unpaired) electrons. The van der Waals surface area contributed by atoms with Crippen molar-refractivity contribution in [3.8, 4) is 5.75 Å². The number of amides is 2. The van der Waals surface area contributed by atoms with Crippen molar-refractivity contribution in [3.63, 3.8) is 0 Å². The molecule has 1 N–H and O–H groups in total. The van der Waals surface area contributed by atoms with E-state index >= 15 is 0 Å². The largest absolute Gasteiger partial charge is 0.497 e. The Bertz CT molecular complexity index is 538. The molecule has 5 heteroatoms. The maximum Gasteiger partial charge on any atom is 0.242 e. The van der Waals surface area contributed by atoms with Crippen LogP contribution in [0.25, 0.3) is 0 Å². The van der Waals surface area contributed by atoms with Gasteiger partial charge in [0.25, 0.3) is 0 Å². The zero-order valence-corrected chi connectivity index (χ0v) is 14.2. The van der Waals surface area contributed by atoms with Crippen molar-refractivity contribution in [1.29, 1.82) is 0 Å². The lowest BCUT2D eigenvalue weighted by molar-refractivity contribution is -0.134. The average Bonchev–Trinajstić information content (AvgIpc) is 3.41. The molecule has 0 heterocycles. The highest BCUT2D eigenvalue weighted by Gasteiger charge is 2.32. The number of benzene rings is 1. The second kappa shape index (κ2) is 7.99. The standard InChI is InChI=1S/C18H26N2O3/c1-4-13(2)18(22)19-11-17(21)20(15-7-8-15)12-14-5-9-16(23-3)10-6-14/h5-6,9-10,13,15H,4,7-8,11-12H2,1-3H3,(H,19,22). The van der Waals surface area contributed by atoms with Crippen LogP contribution in [0, 0.1) is 5.92 Å². The first-order valence-corrected chi connectivity index (χ1v) is 8.25. The minimum Gasteiger partial charge on any atom is -0.497 e. The third-order valence-electron chi connectivity index (χ3n) is 4.29. The van der Waals surface area contributed by atoms with Crippen molar-refractivity contribution in [2.75, 3.05) is 13.7 Å². The van der Waals surface area contributed by atoms with Gasteiger partial charge in [0.15, 0.2) is 0 Å². The van der Waals surface area contributed by atoms with Gasteiger partial charge in [0.05, 0.1) is 13.7 Å². The predicted molar refractivity (Wildman–Crippen MR) is 89.0 cm³/mol. The number of carbonyl (C=O) groups excluding carboxylic acids is 2. The summed E-state index contributed by atoms with van der Waals surface area (Å²) in [6, 6.07) is 8.05. The van der Waals surface area contributed by atoms with E-state index in [1.165, 1.54) is 0 Å². The highest BCUT2D eigenvalue weighted by atomic mass is 16.5. The molecule has 1 fully saturated rings. The molecule has 1 aliphatic rings. The summed E-state index contributed by atoms with van der Waals surface area (Å²) < 4.78 is 5.15. The fourth-order valence-electron chi connectivity index (χ4n) is 2.36. The summed E-state index contributed by atoms with van der Waals surface area (Å²) >= 11 is 0. The molecule has 5 nitrogen and oxygen atoms in total. The Morgan fingerprint density at radius 2 is 1.96 bits per heavy atom. The van der Waals surface area contributed by atoms with Gasteiger partial charge in [-0.2, -0.15) is 0 Å². The Morgan fingerprint density at radius 3 is 2.48 bits per heavy atom. The first-order chi connectivity index (χ1) is 11.0. The number of hydrogen-bond acceptors (Lipinski definition) is 3. The smallest absolute Gasteiger partial charge is 0.242 e. The highest BCUT2D eigenvalue weighted by molar-refractivity contribution is 5.86. The quantitative estimate of drug-likeness (QED) is 0.800. The van der Waals surface area contributed by atoms with E-state index in [-0.39, 0.29) is 24.3 Å². The van der Waals surface area contributed by atoms with E-state index < -0.39 is 0 Å². The van der Waals surface area contributed by atoms with Gasteiger partial charge in [-0.3, -0.25) is 9.59 Å². The molecule has 2 rings (SSSR count). The van der Waals surface area contributed by atoms with Crippen LogP contribution in [-0.2, 0) is 16.1 Å². The van der Waals surface area contributed by atoms with Crippen LogP contribution in [0.3, 0.4) is 0 Å². The molecule has 126 valence electrons. The van der Waals surface area contributed by atoms with Gasteiger partial charge in [0.1, 0.15) is 5.75 Å². The van der Waals surface area contributed by atoms with E-state index in [1.54, 1.807) is 7.11 Å². The van der Waals surface area contributed by atoms with Gasteiger partial charge in [-0.25, -0.2) is 0 Å². The van der Waals surface area contributed by atoms with E-state index in [0.29, 0.717) is 12.6 Å². The predicted octanol–water partition coefficient (Wildman–Crippen LogP) is 2.35. The fourth-order valence-corrected chi connectivity index (χ4v) is 2.36. The van der Waals surface area contributed by atoms with Crippen LogP contribution in [0.1, 0.15) is 38.7 Å². The Balaban J connectivity index is 1.92. The van der Waals surface area contributed by atoms with E-state index in [0.717, 1.165) is 30.6 Å². The third kappa shape index (κ3) is 4.98. The number of nitrogens with zero attached hydrogens (tertiary/aromatic N) is 1. The molecule has 0 bridgehead atoms. The number of hydrogen-bond donors (Lipinski definition) is 1. The summed E-state index contributed by atoms with van der Waals surface area (Å²) in [5, 5.41) is 2.75. The van der Waals surface area contributed by atoms with Crippen LogP contribution in [0.15, 0.2) is 24.3 Å². The maximum atomic E-state index is 12.5. The second-order valence-corrected chi connectivity index (χ2v) is 6.13. The van der Waals surface area contributed by atoms with Crippen LogP contribution in [0.5, 0.6) is 5.75 Å². The number of rotatable bonds is 8. The number of methoxy groups -OCH3 is 1. The van der Waals surface area contributed by atoms with Crippen molar-refractivity contribution in [3.05, 3.63) is 29.8 Å². The summed E-state index contributed by atoms with van der Waals surface area (Å²) in [4.78, 5) is 26.1. The third-order valence-corrected chi connectivity index (χ3v) is 4.29. The number of carbonyl (C=O) groups is 2. The van der Waals surface area contributed by atoms with Crippen molar-refractivity contribution >= 4 is 11.8 Å². The summed E-state index contributed by atoms with van der Waals surface area (Å²) in [6.45, 7) is 4.49. The normalized spacial score (nSPS) is 14.9. The molecular weight excluding hydrogens is 292 g/mol. The van der Waals surface area contributed by atoms with Gasteiger partial charge in [-0.1, -0.05) is 26.0 Å². The number of ether oxygens (including phenoxy) is 1. The molecule has 1 aliphatic carbocycles. The van der Waals surface area contributed by atoms with Crippen molar-refractivity contribution in [2.45, 2.75) is 45.7 Å². The van der Waals surface area contributed by atoms with Gasteiger partial charge in [0, 0.05) is 18.5 Å². The Kier molecular flexibility index (Phi) is 6.02. The highest BCUT2D eigenvalue weighted by Crippen LogP contribution is 2.28. The molecule has 0 aromatic heterocycles. The molecule has 1 aromatic carbocycles. The fraction of sp³-hybridized carbons (Fsp3) is 0.556. The lowest BCUT2D eigenvalue weighted by Gasteiger charge is -2.23. The van der Waals surface area contributed by atoms with Crippen LogP contribution in [-0.4, -0.2) is 36.4 Å². The SMILES string of the molecule is CCC(C)C(=O)NCC(=O)N(Cc1ccc(OC)cc1)C1CC1. The van der Waals surface area contributed by atoms with E-state index in [1.807, 2.05) is 43.0 Å². The Hall–Kier alpha value is -2.04. The molecule has 1 unspecified atom stereocenters. The molecule has 0 aliphatic heterocycles. The summed E-state index contributed by atoms with van der Waals surface area (Å²) in [7, 11) is 1.63. The monoisotopic (exact) mass is 318 g/mol. The minimum absolute atomic E-state index is 0.0139. The zero-order valence-electron chi connectivity index (χ0n) is 14.2. The second-order valence-electron chi connectivity index (χ2n) is 6.13. The Labute approximate surface area is 138 Å². The van der Waals surface area contributed by atoms with E-state index in [4.69, 9.17) is 4.74 Å². The molecule has 2 amide bonds. The molecular formula is C18H26N2O3. The lowest BCUT2D eigenvalue weighted by Crippen LogP contribution is -2.42. The molecule has 1 atom stereocenters. The molecule has 0 saturated heterocycles. The summed E-state index contributed by atoms with van der Waals surface area (Å²) in [5.41, 5.74) is 1.07. The average molecular weight is 318 g/mol. The first kappa shape index (κ1) is 17.3. The molecule has 0 spiro atoms. The van der Waals surface area contributed by atoms with Gasteiger partial charge in [0.2, 0.25) is 11.8 Å². The lowest BCUT2D eigenvalue weighted by atomic mass is 10.1. The van der Waals surface area contributed by atoms with Crippen LogP contribution in [0.4, 0.5) is 0 Å². The van der Waals surface area contributed by atoms with Crippen molar-refractivity contribution < 1.29 is 14.3 Å². The zero-order chi connectivity index (χ0) is 16.8. The van der Waals surface area contributed by atoms with Crippen molar-refractivity contribution in [1.82, 2.24) is 10.2 Å². The minimum atomic E-state index is -0.0567. The summed E-state index contributed by atoms with van der Waals surface area (Å²) in [6.07, 6.45) is 2.86.